The highest BCUT2D eigenvalue weighted by molar-refractivity contribution is 7.94. The van der Waals surface area contributed by atoms with Crippen LogP contribution >= 0.6 is 12.0 Å². The van der Waals surface area contributed by atoms with Crippen LogP contribution in [-0.2, 0) is 18.9 Å². The first-order valence-electron chi connectivity index (χ1n) is 9.89. The van der Waals surface area contributed by atoms with Crippen LogP contribution in [0.15, 0.2) is 27.5 Å². The lowest BCUT2D eigenvalue weighted by atomic mass is 9.99. The molecule has 11 heteroatoms. The highest BCUT2D eigenvalue weighted by Crippen LogP contribution is 2.35. The molecule has 10 nitrogen and oxygen atoms in total. The summed E-state index contributed by atoms with van der Waals surface area (Å²) in [4.78, 5) is 35.2. The van der Waals surface area contributed by atoms with Crippen molar-refractivity contribution < 1.29 is 28.5 Å². The van der Waals surface area contributed by atoms with Crippen LogP contribution in [0.1, 0.15) is 51.0 Å². The van der Waals surface area contributed by atoms with Crippen LogP contribution in [0.5, 0.6) is 0 Å². The molecular weight excluding hydrogens is 412 g/mol. The highest BCUT2D eigenvalue weighted by atomic mass is 32.2. The van der Waals surface area contributed by atoms with Crippen molar-refractivity contribution in [1.82, 2.24) is 14.9 Å². The predicted octanol–water partition coefficient (Wildman–Crippen LogP) is 2.97. The molecule has 2 amide bonds. The van der Waals surface area contributed by atoms with Crippen molar-refractivity contribution in [3.63, 3.8) is 0 Å². The lowest BCUT2D eigenvalue weighted by Crippen LogP contribution is -2.40. The molecule has 0 bridgehead atoms. The zero-order valence-electron chi connectivity index (χ0n) is 16.7. The average molecular weight is 439 g/mol. The van der Waals surface area contributed by atoms with E-state index in [-0.39, 0.29) is 18.5 Å². The van der Waals surface area contributed by atoms with Crippen molar-refractivity contribution in [3.8, 4) is 0 Å². The minimum atomic E-state index is -0.471. The predicted molar refractivity (Wildman–Crippen MR) is 107 cm³/mol. The first-order chi connectivity index (χ1) is 14.6. The molecule has 0 unspecified atom stereocenters. The maximum atomic E-state index is 13.2. The number of nitrogens with zero attached hydrogens (tertiary/aromatic N) is 3. The molecule has 0 saturated carbocycles. The number of nitrogens with two attached hydrogens (primary N) is 1. The summed E-state index contributed by atoms with van der Waals surface area (Å²) >= 11 is 0.951. The van der Waals surface area contributed by atoms with Gasteiger partial charge in [0.15, 0.2) is 5.58 Å². The summed E-state index contributed by atoms with van der Waals surface area (Å²) in [5.74, 6) is 4.76. The number of amides is 2. The summed E-state index contributed by atoms with van der Waals surface area (Å²) in [6.45, 7) is 2.59. The van der Waals surface area contributed by atoms with Crippen LogP contribution in [-0.4, -0.2) is 45.6 Å². The summed E-state index contributed by atoms with van der Waals surface area (Å²) in [5, 5.41) is 10.2. The number of benzene rings is 1. The fraction of sp³-hybridized carbons (Fsp3) is 0.526. The van der Waals surface area contributed by atoms with Gasteiger partial charge in [-0.05, 0) is 37.5 Å². The average Bonchev–Trinajstić information content (AvgIpc) is 3.40. The van der Waals surface area contributed by atoms with Crippen molar-refractivity contribution in [2.45, 2.75) is 50.0 Å². The van der Waals surface area contributed by atoms with Crippen molar-refractivity contribution in [3.05, 3.63) is 24.1 Å². The summed E-state index contributed by atoms with van der Waals surface area (Å²) < 4.78 is 10.6. The van der Waals surface area contributed by atoms with E-state index in [1.54, 1.807) is 23.1 Å². The molecule has 1 saturated heterocycles. The second kappa shape index (κ2) is 10.7. The van der Waals surface area contributed by atoms with E-state index in [0.717, 1.165) is 42.6 Å². The van der Waals surface area contributed by atoms with Crippen LogP contribution in [0.2, 0.25) is 0 Å². The number of rotatable bonds is 11. The number of hydrogen-bond acceptors (Lipinski definition) is 9. The van der Waals surface area contributed by atoms with Crippen molar-refractivity contribution in [2.75, 3.05) is 13.1 Å². The minimum absolute atomic E-state index is 0.0249. The lowest BCUT2D eigenvalue weighted by molar-refractivity contribution is -0.195. The van der Waals surface area contributed by atoms with Gasteiger partial charge in [-0.25, -0.2) is 10.0 Å². The van der Waals surface area contributed by atoms with Gasteiger partial charge in [0, 0.05) is 11.4 Å². The molecule has 2 atom stereocenters. The Morgan fingerprint density at radius 3 is 3.13 bits per heavy atom. The van der Waals surface area contributed by atoms with Crippen LogP contribution in [0, 0.1) is 5.92 Å². The van der Waals surface area contributed by atoms with Gasteiger partial charge in [0.05, 0.1) is 24.5 Å². The normalized spacial score (nSPS) is 17.4. The second-order valence-electron chi connectivity index (χ2n) is 7.19. The SMILES string of the molecule is CCCC[C@H](CN(O)C=O)C(=O)N1CCC[C@H]1c1nc2cc(SOON)ccc2o1. The molecule has 1 aromatic carbocycles. The van der Waals surface area contributed by atoms with E-state index in [1.165, 1.54) is 0 Å². The number of hydrogen-bond donors (Lipinski definition) is 2. The van der Waals surface area contributed by atoms with E-state index in [4.69, 9.17) is 10.3 Å². The maximum Gasteiger partial charge on any atom is 0.233 e. The molecule has 1 aliphatic heterocycles. The molecule has 0 aliphatic carbocycles. The Bertz CT molecular complexity index is 863. The molecule has 2 aromatic rings. The van der Waals surface area contributed by atoms with Gasteiger partial charge in [0.2, 0.25) is 18.2 Å². The van der Waals surface area contributed by atoms with Gasteiger partial charge in [0.1, 0.15) is 11.6 Å². The van der Waals surface area contributed by atoms with Crippen LogP contribution < -0.4 is 5.90 Å². The van der Waals surface area contributed by atoms with Gasteiger partial charge in [0.25, 0.3) is 0 Å². The standard InChI is InChI=1S/C19H26N4O6S/c1-2-3-5-13(11-22(26)12-24)19(25)23-9-4-6-16(23)18-21-15-10-14(30-29-28-20)7-8-17(15)27-18/h7-8,10,12-13,16,26H,2-6,9,11,20H2,1H3/t13-,16+/m1/s1. The van der Waals surface area contributed by atoms with Crippen LogP contribution in [0.25, 0.3) is 11.1 Å². The zero-order chi connectivity index (χ0) is 21.5. The largest absolute Gasteiger partial charge is 0.438 e. The molecule has 0 spiro atoms. The highest BCUT2D eigenvalue weighted by Gasteiger charge is 2.37. The third kappa shape index (κ3) is 5.29. The molecule has 2 heterocycles. The summed E-state index contributed by atoms with van der Waals surface area (Å²) in [5.41, 5.74) is 1.24. The molecule has 3 rings (SSSR count). The number of carbonyl (C=O) groups is 2. The number of fused-ring (bicyclic) bond motifs is 1. The van der Waals surface area contributed by atoms with E-state index >= 15 is 0 Å². The molecular formula is C19H26N4O6S. The van der Waals surface area contributed by atoms with E-state index in [2.05, 4.69) is 14.3 Å². The van der Waals surface area contributed by atoms with Crippen LogP contribution in [0.3, 0.4) is 0 Å². The molecule has 164 valence electrons. The number of aromatic nitrogens is 1. The molecule has 3 N–H and O–H groups in total. The van der Waals surface area contributed by atoms with Crippen LogP contribution in [0.4, 0.5) is 0 Å². The topological polar surface area (TPSA) is 131 Å². The quantitative estimate of drug-likeness (QED) is 0.179. The minimum Gasteiger partial charge on any atom is -0.438 e. The Hall–Kier alpha value is -2.18. The fourth-order valence-electron chi connectivity index (χ4n) is 3.71. The zero-order valence-corrected chi connectivity index (χ0v) is 17.5. The first-order valence-corrected chi connectivity index (χ1v) is 10.6. The van der Waals surface area contributed by atoms with Gasteiger partial charge in [-0.1, -0.05) is 19.8 Å². The third-order valence-electron chi connectivity index (χ3n) is 5.15. The molecule has 1 aromatic heterocycles. The van der Waals surface area contributed by atoms with Gasteiger partial charge < -0.3 is 9.32 Å². The number of likely N-dealkylation sites (tertiary alicyclic amines) is 1. The van der Waals surface area contributed by atoms with Crippen molar-refractivity contribution in [1.29, 1.82) is 0 Å². The summed E-state index contributed by atoms with van der Waals surface area (Å²) in [6, 6.07) is 5.06. The third-order valence-corrected chi connectivity index (χ3v) is 5.74. The smallest absolute Gasteiger partial charge is 0.233 e. The van der Waals surface area contributed by atoms with E-state index in [0.29, 0.717) is 41.4 Å². The van der Waals surface area contributed by atoms with Gasteiger partial charge in [-0.15, -0.1) is 9.32 Å². The Kier molecular flexibility index (Phi) is 8.05. The molecule has 1 aliphatic rings. The molecule has 0 radical (unpaired) electrons. The second-order valence-corrected chi connectivity index (χ2v) is 7.96. The maximum absolute atomic E-state index is 13.2. The number of oxazole rings is 1. The fourth-order valence-corrected chi connectivity index (χ4v) is 4.11. The van der Waals surface area contributed by atoms with Crippen molar-refractivity contribution in [2.24, 2.45) is 11.8 Å². The van der Waals surface area contributed by atoms with Gasteiger partial charge in [-0.2, -0.15) is 5.90 Å². The molecule has 1 fully saturated rings. The molecule has 30 heavy (non-hydrogen) atoms. The monoisotopic (exact) mass is 438 g/mol. The van der Waals surface area contributed by atoms with Gasteiger partial charge in [-0.3, -0.25) is 14.8 Å². The van der Waals surface area contributed by atoms with E-state index in [9.17, 15) is 14.8 Å². The summed E-state index contributed by atoms with van der Waals surface area (Å²) in [6.07, 6.45) is 4.24. The Morgan fingerprint density at radius 1 is 1.57 bits per heavy atom. The number of hydroxylamine groups is 2. The Morgan fingerprint density at radius 2 is 2.40 bits per heavy atom. The van der Waals surface area contributed by atoms with E-state index in [1.807, 2.05) is 6.92 Å². The Labute approximate surface area is 178 Å². The first kappa shape index (κ1) is 22.5. The summed E-state index contributed by atoms with van der Waals surface area (Å²) in [7, 11) is 0. The number of carbonyl (C=O) groups excluding carboxylic acids is 2. The number of unbranched alkanes of at least 4 members (excludes halogenated alkanes) is 1. The van der Waals surface area contributed by atoms with E-state index < -0.39 is 5.92 Å². The van der Waals surface area contributed by atoms with Crippen molar-refractivity contribution >= 4 is 35.5 Å². The van der Waals surface area contributed by atoms with Gasteiger partial charge >= 0.3 is 0 Å². The Balaban J connectivity index is 1.79. The lowest BCUT2D eigenvalue weighted by Gasteiger charge is -2.28.